The van der Waals surface area contributed by atoms with Gasteiger partial charge < -0.3 is 10.4 Å². The van der Waals surface area contributed by atoms with E-state index >= 15 is 0 Å². The summed E-state index contributed by atoms with van der Waals surface area (Å²) < 4.78 is 0. The Morgan fingerprint density at radius 1 is 1.43 bits per heavy atom. The molecule has 1 aromatic heterocycles. The number of hydrogen-bond donors (Lipinski definition) is 2. The number of pyridine rings is 1. The molecule has 0 saturated carbocycles. The molecule has 7 heteroatoms. The van der Waals surface area contributed by atoms with Gasteiger partial charge in [-0.05, 0) is 30.7 Å². The van der Waals surface area contributed by atoms with E-state index in [9.17, 15) is 14.9 Å². The lowest BCUT2D eigenvalue weighted by atomic mass is 10.1. The highest BCUT2D eigenvalue weighted by Gasteiger charge is 2.16. The number of carboxylic acid groups (broad SMARTS) is 1. The Balaban J connectivity index is 2.29. The Hall–Kier alpha value is -2.96. The van der Waals surface area contributed by atoms with E-state index in [0.29, 0.717) is 0 Å². The molecule has 0 aliphatic carbocycles. The zero-order valence-corrected chi connectivity index (χ0v) is 11.2. The van der Waals surface area contributed by atoms with E-state index < -0.39 is 10.9 Å². The molecule has 0 unspecified atom stereocenters. The predicted octanol–water partition coefficient (Wildman–Crippen LogP) is 2.61. The van der Waals surface area contributed by atoms with Crippen molar-refractivity contribution in [2.24, 2.45) is 0 Å². The molecule has 2 rings (SSSR count). The fourth-order valence-corrected chi connectivity index (χ4v) is 1.85. The van der Waals surface area contributed by atoms with E-state index in [1.54, 1.807) is 12.3 Å². The van der Waals surface area contributed by atoms with Crippen molar-refractivity contribution in [3.8, 4) is 0 Å². The summed E-state index contributed by atoms with van der Waals surface area (Å²) in [6.45, 7) is 2.16. The van der Waals surface area contributed by atoms with E-state index in [1.807, 2.05) is 13.0 Å². The van der Waals surface area contributed by atoms with Crippen molar-refractivity contribution in [3.05, 3.63) is 63.5 Å². The van der Waals surface area contributed by atoms with Gasteiger partial charge in [-0.15, -0.1) is 0 Å². The minimum Gasteiger partial charge on any atom is -0.478 e. The minimum atomic E-state index is -1.14. The van der Waals surface area contributed by atoms with Crippen LogP contribution in [0.25, 0.3) is 0 Å². The Morgan fingerprint density at radius 2 is 2.19 bits per heavy atom. The molecule has 0 fully saturated rings. The molecule has 0 aliphatic rings. The first-order chi connectivity index (χ1) is 9.99. The fraction of sp³-hybridized carbons (Fsp3) is 0.143. The summed E-state index contributed by atoms with van der Waals surface area (Å²) >= 11 is 0. The van der Waals surface area contributed by atoms with Crippen molar-refractivity contribution in [1.29, 1.82) is 0 Å². The summed E-state index contributed by atoms with van der Waals surface area (Å²) in [7, 11) is 0. The van der Waals surface area contributed by atoms with Crippen LogP contribution in [0.1, 0.15) is 21.6 Å². The maximum Gasteiger partial charge on any atom is 0.335 e. The van der Waals surface area contributed by atoms with Gasteiger partial charge in [0.05, 0.1) is 22.7 Å². The summed E-state index contributed by atoms with van der Waals surface area (Å²) in [6, 6.07) is 7.31. The van der Waals surface area contributed by atoms with Gasteiger partial charge in [0.15, 0.2) is 0 Å². The smallest absolute Gasteiger partial charge is 0.335 e. The number of aromatic nitrogens is 1. The van der Waals surface area contributed by atoms with Crippen LogP contribution in [0, 0.1) is 17.0 Å². The maximum absolute atomic E-state index is 11.0. The van der Waals surface area contributed by atoms with Crippen LogP contribution in [0.5, 0.6) is 0 Å². The Labute approximate surface area is 120 Å². The number of anilines is 1. The lowest BCUT2D eigenvalue weighted by Gasteiger charge is -2.09. The summed E-state index contributed by atoms with van der Waals surface area (Å²) in [5.74, 6) is -1.14. The van der Waals surface area contributed by atoms with Gasteiger partial charge in [-0.3, -0.25) is 15.1 Å². The SMILES string of the molecule is Cc1cccnc1CNc1cc(C(=O)O)ccc1[N+](=O)[O-]. The van der Waals surface area contributed by atoms with E-state index in [1.165, 1.54) is 18.2 Å². The van der Waals surface area contributed by atoms with Crippen LogP contribution in [-0.4, -0.2) is 21.0 Å². The number of rotatable bonds is 5. The number of nitrogens with one attached hydrogen (secondary N) is 1. The molecule has 0 amide bonds. The third kappa shape index (κ3) is 3.33. The van der Waals surface area contributed by atoms with E-state index in [2.05, 4.69) is 10.3 Å². The topological polar surface area (TPSA) is 105 Å². The predicted molar refractivity (Wildman–Crippen MR) is 76.4 cm³/mol. The van der Waals surface area contributed by atoms with Crippen molar-refractivity contribution in [3.63, 3.8) is 0 Å². The Kier molecular flexibility index (Phi) is 4.13. The molecule has 0 bridgehead atoms. The van der Waals surface area contributed by atoms with E-state index in [0.717, 1.165) is 11.3 Å². The highest BCUT2D eigenvalue weighted by Crippen LogP contribution is 2.26. The highest BCUT2D eigenvalue weighted by atomic mass is 16.6. The van der Waals surface area contributed by atoms with Gasteiger partial charge in [0, 0.05) is 12.3 Å². The second kappa shape index (κ2) is 6.00. The van der Waals surface area contributed by atoms with Crippen LogP contribution in [0.15, 0.2) is 36.5 Å². The molecule has 0 aliphatic heterocycles. The molecule has 21 heavy (non-hydrogen) atoms. The van der Waals surface area contributed by atoms with Crippen molar-refractivity contribution in [1.82, 2.24) is 4.98 Å². The third-order valence-corrected chi connectivity index (χ3v) is 3.00. The Morgan fingerprint density at radius 3 is 2.81 bits per heavy atom. The van der Waals surface area contributed by atoms with Gasteiger partial charge in [0.1, 0.15) is 5.69 Å². The Bertz CT molecular complexity index is 700. The van der Waals surface area contributed by atoms with Crippen LogP contribution < -0.4 is 5.32 Å². The zero-order valence-electron chi connectivity index (χ0n) is 11.2. The molecule has 7 nitrogen and oxygen atoms in total. The fourth-order valence-electron chi connectivity index (χ4n) is 1.85. The highest BCUT2D eigenvalue weighted by molar-refractivity contribution is 5.90. The van der Waals surface area contributed by atoms with Gasteiger partial charge >= 0.3 is 5.97 Å². The third-order valence-electron chi connectivity index (χ3n) is 3.00. The molecular formula is C14H13N3O4. The van der Waals surface area contributed by atoms with Crippen molar-refractivity contribution in [2.75, 3.05) is 5.32 Å². The average molecular weight is 287 g/mol. The second-order valence-corrected chi connectivity index (χ2v) is 4.41. The quantitative estimate of drug-likeness (QED) is 0.646. The molecule has 0 atom stereocenters. The van der Waals surface area contributed by atoms with Gasteiger partial charge in [-0.1, -0.05) is 6.07 Å². The number of hydrogen-bond acceptors (Lipinski definition) is 5. The molecule has 2 aromatic rings. The van der Waals surface area contributed by atoms with Crippen LogP contribution in [-0.2, 0) is 6.54 Å². The first kappa shape index (κ1) is 14.4. The monoisotopic (exact) mass is 287 g/mol. The van der Waals surface area contributed by atoms with E-state index in [-0.39, 0.29) is 23.5 Å². The van der Waals surface area contributed by atoms with Crippen LogP contribution in [0.2, 0.25) is 0 Å². The van der Waals surface area contributed by atoms with Crippen LogP contribution in [0.3, 0.4) is 0 Å². The number of nitrogens with zero attached hydrogens (tertiary/aromatic N) is 2. The number of nitro groups is 1. The van der Waals surface area contributed by atoms with Gasteiger partial charge in [-0.25, -0.2) is 4.79 Å². The zero-order chi connectivity index (χ0) is 15.4. The number of carbonyl (C=O) groups is 1. The lowest BCUT2D eigenvalue weighted by Crippen LogP contribution is -2.07. The number of benzene rings is 1. The van der Waals surface area contributed by atoms with Crippen molar-refractivity contribution in [2.45, 2.75) is 13.5 Å². The largest absolute Gasteiger partial charge is 0.478 e. The summed E-state index contributed by atoms with van der Waals surface area (Å²) in [5, 5.41) is 22.8. The molecule has 1 aromatic carbocycles. The number of aryl methyl sites for hydroxylation is 1. The van der Waals surface area contributed by atoms with Crippen LogP contribution in [0.4, 0.5) is 11.4 Å². The summed E-state index contributed by atoms with van der Waals surface area (Å²) in [6.07, 6.45) is 1.63. The van der Waals surface area contributed by atoms with E-state index in [4.69, 9.17) is 5.11 Å². The first-order valence-electron chi connectivity index (χ1n) is 6.15. The van der Waals surface area contributed by atoms with Crippen molar-refractivity contribution < 1.29 is 14.8 Å². The van der Waals surface area contributed by atoms with Crippen LogP contribution >= 0.6 is 0 Å². The number of carboxylic acids is 1. The number of nitro benzene ring substituents is 1. The molecule has 0 saturated heterocycles. The number of aromatic carboxylic acids is 1. The standard InChI is InChI=1S/C14H13N3O4/c1-9-3-2-6-15-12(9)8-16-11-7-10(14(18)19)4-5-13(11)17(20)21/h2-7,16H,8H2,1H3,(H,18,19). The normalized spacial score (nSPS) is 10.1. The summed E-state index contributed by atoms with van der Waals surface area (Å²) in [5.41, 5.74) is 1.66. The molecule has 0 radical (unpaired) electrons. The maximum atomic E-state index is 11.0. The molecule has 108 valence electrons. The second-order valence-electron chi connectivity index (χ2n) is 4.41. The summed E-state index contributed by atoms with van der Waals surface area (Å²) in [4.78, 5) is 25.6. The lowest BCUT2D eigenvalue weighted by molar-refractivity contribution is -0.384. The minimum absolute atomic E-state index is 0.0131. The molecular weight excluding hydrogens is 274 g/mol. The molecule has 1 heterocycles. The van der Waals surface area contributed by atoms with Gasteiger partial charge in [0.25, 0.3) is 5.69 Å². The van der Waals surface area contributed by atoms with Gasteiger partial charge in [-0.2, -0.15) is 0 Å². The first-order valence-corrected chi connectivity index (χ1v) is 6.15. The average Bonchev–Trinajstić information content (AvgIpc) is 2.46. The van der Waals surface area contributed by atoms with Gasteiger partial charge in [0.2, 0.25) is 0 Å². The molecule has 0 spiro atoms. The van der Waals surface area contributed by atoms with Crippen molar-refractivity contribution >= 4 is 17.3 Å². The molecule has 2 N–H and O–H groups in total.